The van der Waals surface area contributed by atoms with Crippen LogP contribution in [0.5, 0.6) is 5.75 Å². The average Bonchev–Trinajstić information content (AvgIpc) is 3.23. The van der Waals surface area contributed by atoms with E-state index in [1.54, 1.807) is 28.4 Å². The minimum atomic E-state index is -0.358. The molecule has 0 aliphatic carbocycles. The summed E-state index contributed by atoms with van der Waals surface area (Å²) in [5.41, 5.74) is 1.08. The van der Waals surface area contributed by atoms with Gasteiger partial charge < -0.3 is 14.5 Å². The normalized spacial score (nSPS) is 16.6. The van der Waals surface area contributed by atoms with E-state index in [0.717, 1.165) is 18.4 Å². The van der Waals surface area contributed by atoms with E-state index < -0.39 is 0 Å². The molecule has 0 saturated carbocycles. The van der Waals surface area contributed by atoms with Gasteiger partial charge in [-0.25, -0.2) is 4.39 Å². The van der Waals surface area contributed by atoms with Crippen LogP contribution in [0, 0.1) is 11.7 Å². The molecule has 1 aliphatic rings. The van der Waals surface area contributed by atoms with Gasteiger partial charge in [-0.1, -0.05) is 26.8 Å². The van der Waals surface area contributed by atoms with Gasteiger partial charge in [0.1, 0.15) is 24.7 Å². The van der Waals surface area contributed by atoms with Crippen molar-refractivity contribution in [3.63, 3.8) is 0 Å². The number of nitrogens with zero attached hydrogens (tertiary/aromatic N) is 2. The minimum Gasteiger partial charge on any atom is -0.491 e. The Kier molecular flexibility index (Phi) is 8.29. The van der Waals surface area contributed by atoms with Crippen molar-refractivity contribution in [1.29, 1.82) is 0 Å². The first-order valence-electron chi connectivity index (χ1n) is 11.3. The fourth-order valence-electron chi connectivity index (χ4n) is 4.02. The topological polar surface area (TPSA) is 49.9 Å². The smallest absolute Gasteiger partial charge is 0.242 e. The van der Waals surface area contributed by atoms with Gasteiger partial charge in [0.15, 0.2) is 0 Å². The lowest BCUT2D eigenvalue weighted by Crippen LogP contribution is -2.50. The van der Waals surface area contributed by atoms with E-state index in [4.69, 9.17) is 4.74 Å². The Morgan fingerprint density at radius 2 is 2.06 bits per heavy atom. The van der Waals surface area contributed by atoms with Crippen LogP contribution in [0.15, 0.2) is 35.7 Å². The number of benzene rings is 1. The Bertz CT molecular complexity index is 929. The summed E-state index contributed by atoms with van der Waals surface area (Å²) in [4.78, 5) is 31.1. The molecule has 174 valence electrons. The number of carbonyl (C=O) groups excluding carboxylic acids is 2. The molecule has 2 heterocycles. The molecule has 1 aromatic heterocycles. The van der Waals surface area contributed by atoms with Gasteiger partial charge in [0.2, 0.25) is 11.8 Å². The molecule has 2 aromatic rings. The van der Waals surface area contributed by atoms with Crippen LogP contribution >= 0.6 is 11.3 Å². The number of hydrogen-bond donors (Lipinski definition) is 0. The minimum absolute atomic E-state index is 0.00584. The highest BCUT2D eigenvalue weighted by atomic mass is 32.1. The summed E-state index contributed by atoms with van der Waals surface area (Å²) in [7, 11) is 0. The monoisotopic (exact) mass is 460 g/mol. The molecule has 1 aliphatic heterocycles. The zero-order chi connectivity index (χ0) is 23.3. The maximum Gasteiger partial charge on any atom is 0.242 e. The Morgan fingerprint density at radius 3 is 2.75 bits per heavy atom. The van der Waals surface area contributed by atoms with E-state index in [-0.39, 0.29) is 48.8 Å². The first-order chi connectivity index (χ1) is 15.3. The Balaban J connectivity index is 1.78. The van der Waals surface area contributed by atoms with Crippen LogP contribution in [-0.2, 0) is 16.0 Å². The number of halogens is 1. The number of hydrogen-bond acceptors (Lipinski definition) is 4. The van der Waals surface area contributed by atoms with E-state index >= 15 is 0 Å². The molecule has 0 unspecified atom stereocenters. The molecule has 3 rings (SSSR count). The molecule has 32 heavy (non-hydrogen) atoms. The van der Waals surface area contributed by atoms with Gasteiger partial charge in [0.05, 0.1) is 6.04 Å². The van der Waals surface area contributed by atoms with Gasteiger partial charge in [-0.3, -0.25) is 9.59 Å². The lowest BCUT2D eigenvalue weighted by Gasteiger charge is -2.38. The van der Waals surface area contributed by atoms with Crippen molar-refractivity contribution in [2.45, 2.75) is 59.0 Å². The third-order valence-electron chi connectivity index (χ3n) is 5.95. The highest BCUT2D eigenvalue weighted by Gasteiger charge is 2.34. The van der Waals surface area contributed by atoms with E-state index in [1.165, 1.54) is 17.0 Å². The molecule has 1 aromatic carbocycles. The van der Waals surface area contributed by atoms with Crippen LogP contribution in [0.1, 0.15) is 57.0 Å². The van der Waals surface area contributed by atoms with Crippen LogP contribution in [0.2, 0.25) is 0 Å². The molecule has 2 atom stereocenters. The lowest BCUT2D eigenvalue weighted by molar-refractivity contribution is -0.144. The summed E-state index contributed by atoms with van der Waals surface area (Å²) in [5, 5.41) is 2.03. The van der Waals surface area contributed by atoms with E-state index in [1.807, 2.05) is 44.0 Å². The predicted octanol–water partition coefficient (Wildman–Crippen LogP) is 5.07. The quantitative estimate of drug-likeness (QED) is 0.525. The molecular formula is C25H33FN2O3S. The Labute approximate surface area is 194 Å². The SMILES string of the molecule is CC[C@H](C)N(CC(=O)N1CCc2sccc2[C@H]1COc1cccc(F)c1)C(=O)CC(C)C. The highest BCUT2D eigenvalue weighted by Crippen LogP contribution is 2.34. The van der Waals surface area contributed by atoms with Crippen LogP contribution in [0.4, 0.5) is 4.39 Å². The number of fused-ring (bicyclic) bond motifs is 1. The highest BCUT2D eigenvalue weighted by molar-refractivity contribution is 7.10. The Hall–Kier alpha value is -2.41. The van der Waals surface area contributed by atoms with Crippen LogP contribution in [0.25, 0.3) is 0 Å². The van der Waals surface area contributed by atoms with Crippen molar-refractivity contribution in [3.05, 3.63) is 52.0 Å². The number of amides is 2. The van der Waals surface area contributed by atoms with E-state index in [0.29, 0.717) is 18.7 Å². The van der Waals surface area contributed by atoms with Gasteiger partial charge in [-0.05, 0) is 54.8 Å². The van der Waals surface area contributed by atoms with Crippen molar-refractivity contribution in [2.75, 3.05) is 19.7 Å². The first kappa shape index (κ1) is 24.2. The molecule has 0 radical (unpaired) electrons. The molecule has 7 heteroatoms. The van der Waals surface area contributed by atoms with Crippen LogP contribution in [0.3, 0.4) is 0 Å². The number of thiophene rings is 1. The Morgan fingerprint density at radius 1 is 1.28 bits per heavy atom. The molecule has 0 fully saturated rings. The van der Waals surface area contributed by atoms with Gasteiger partial charge in [-0.15, -0.1) is 11.3 Å². The summed E-state index contributed by atoms with van der Waals surface area (Å²) in [5.74, 6) is 0.256. The number of carbonyl (C=O) groups is 2. The van der Waals surface area contributed by atoms with Crippen molar-refractivity contribution in [2.24, 2.45) is 5.92 Å². The zero-order valence-corrected chi connectivity index (χ0v) is 20.2. The van der Waals surface area contributed by atoms with Crippen LogP contribution in [-0.4, -0.2) is 47.4 Å². The molecule has 0 bridgehead atoms. The van der Waals surface area contributed by atoms with Gasteiger partial charge in [0, 0.05) is 30.0 Å². The molecule has 0 saturated heterocycles. The largest absolute Gasteiger partial charge is 0.491 e. The summed E-state index contributed by atoms with van der Waals surface area (Å²) in [6.45, 7) is 8.92. The fraction of sp³-hybridized carbons (Fsp3) is 0.520. The maximum absolute atomic E-state index is 13.6. The predicted molar refractivity (Wildman–Crippen MR) is 125 cm³/mol. The van der Waals surface area contributed by atoms with Crippen LogP contribution < -0.4 is 4.74 Å². The molecule has 2 amide bonds. The third-order valence-corrected chi connectivity index (χ3v) is 6.95. The average molecular weight is 461 g/mol. The summed E-state index contributed by atoms with van der Waals surface area (Å²) in [6, 6.07) is 7.80. The van der Waals surface area contributed by atoms with Gasteiger partial charge in [-0.2, -0.15) is 0 Å². The number of ether oxygens (including phenoxy) is 1. The summed E-state index contributed by atoms with van der Waals surface area (Å²) >= 11 is 1.68. The maximum atomic E-state index is 13.6. The molecule has 5 nitrogen and oxygen atoms in total. The molecular weight excluding hydrogens is 427 g/mol. The first-order valence-corrected chi connectivity index (χ1v) is 12.2. The fourth-order valence-corrected chi connectivity index (χ4v) is 4.95. The number of rotatable bonds is 9. The van der Waals surface area contributed by atoms with Crippen molar-refractivity contribution < 1.29 is 18.7 Å². The van der Waals surface area contributed by atoms with Gasteiger partial charge in [0.25, 0.3) is 0 Å². The molecule has 0 spiro atoms. The zero-order valence-electron chi connectivity index (χ0n) is 19.3. The van der Waals surface area contributed by atoms with Gasteiger partial charge >= 0.3 is 0 Å². The second kappa shape index (κ2) is 10.9. The van der Waals surface area contributed by atoms with E-state index in [9.17, 15) is 14.0 Å². The molecule has 0 N–H and O–H groups in total. The standard InChI is InChI=1S/C25H33FN2O3S/c1-5-18(4)28(24(29)13-17(2)3)15-25(30)27-11-9-23-21(10-12-32-23)22(27)16-31-20-8-6-7-19(26)14-20/h6-8,10,12,14,17-18,22H,5,9,11,13,15-16H2,1-4H3/t18-,22+/m0/s1. The van der Waals surface area contributed by atoms with E-state index in [2.05, 4.69) is 0 Å². The third kappa shape index (κ3) is 5.88. The van der Waals surface area contributed by atoms with Crippen molar-refractivity contribution in [3.8, 4) is 5.75 Å². The second-order valence-corrected chi connectivity index (χ2v) is 9.80. The van der Waals surface area contributed by atoms with Crippen molar-refractivity contribution >= 4 is 23.2 Å². The lowest BCUT2D eigenvalue weighted by atomic mass is 10.00. The second-order valence-electron chi connectivity index (χ2n) is 8.80. The summed E-state index contributed by atoms with van der Waals surface area (Å²) < 4.78 is 19.5. The summed E-state index contributed by atoms with van der Waals surface area (Å²) in [6.07, 6.45) is 2.01. The van der Waals surface area contributed by atoms with Crippen molar-refractivity contribution in [1.82, 2.24) is 9.80 Å².